The number of nitrogens with one attached hydrogen (secondary N) is 1. The molecule has 0 spiro atoms. The molecule has 17 heavy (non-hydrogen) atoms. The van der Waals surface area contributed by atoms with Crippen LogP contribution in [0.4, 0.5) is 0 Å². The molecule has 3 N–H and O–H groups in total. The number of unbranched alkanes of at least 4 members (excludes halogenated alkanes) is 2. The molecule has 0 aliphatic rings. The lowest BCUT2D eigenvalue weighted by Gasteiger charge is -2.08. The van der Waals surface area contributed by atoms with Gasteiger partial charge in [0.25, 0.3) is 5.91 Å². The molecule has 0 fully saturated rings. The minimum absolute atomic E-state index is 0.0878. The van der Waals surface area contributed by atoms with E-state index in [-0.39, 0.29) is 5.91 Å². The highest BCUT2D eigenvalue weighted by atomic mass is 16.5. The van der Waals surface area contributed by atoms with E-state index in [9.17, 15) is 4.79 Å². The minimum atomic E-state index is -0.0878. The highest BCUT2D eigenvalue weighted by Gasteiger charge is 2.09. The van der Waals surface area contributed by atoms with Crippen molar-refractivity contribution in [2.45, 2.75) is 19.3 Å². The standard InChI is InChI=1S/C13H20N2O2/c1-17-12-8-4-3-7-11(12)13(16)15-10-6-2-5-9-14/h3-4,7-8H,2,5-6,9-10,14H2,1H3,(H,15,16). The van der Waals surface area contributed by atoms with E-state index in [0.717, 1.165) is 19.3 Å². The van der Waals surface area contributed by atoms with Crippen molar-refractivity contribution in [2.24, 2.45) is 5.73 Å². The number of amides is 1. The van der Waals surface area contributed by atoms with Crippen LogP contribution in [0.2, 0.25) is 0 Å². The van der Waals surface area contributed by atoms with Gasteiger partial charge >= 0.3 is 0 Å². The molecule has 0 saturated heterocycles. The second-order valence-electron chi connectivity index (χ2n) is 3.81. The van der Waals surface area contributed by atoms with Gasteiger partial charge < -0.3 is 15.8 Å². The van der Waals surface area contributed by atoms with E-state index in [0.29, 0.717) is 24.4 Å². The van der Waals surface area contributed by atoms with Crippen molar-refractivity contribution in [1.82, 2.24) is 5.32 Å². The Hall–Kier alpha value is -1.55. The second kappa shape index (κ2) is 7.68. The topological polar surface area (TPSA) is 64.3 Å². The molecule has 1 aromatic carbocycles. The summed E-state index contributed by atoms with van der Waals surface area (Å²) >= 11 is 0. The summed E-state index contributed by atoms with van der Waals surface area (Å²) in [5.41, 5.74) is 5.97. The third kappa shape index (κ3) is 4.44. The SMILES string of the molecule is COc1ccccc1C(=O)NCCCCCN. The molecular formula is C13H20N2O2. The Morgan fingerprint density at radius 2 is 2.06 bits per heavy atom. The average Bonchev–Trinajstić information content (AvgIpc) is 2.38. The highest BCUT2D eigenvalue weighted by molar-refractivity contribution is 5.96. The molecule has 0 radical (unpaired) electrons. The van der Waals surface area contributed by atoms with Gasteiger partial charge in [-0.15, -0.1) is 0 Å². The Morgan fingerprint density at radius 1 is 1.29 bits per heavy atom. The number of nitrogens with two attached hydrogens (primary N) is 1. The molecule has 0 saturated carbocycles. The molecule has 0 atom stereocenters. The third-order valence-electron chi connectivity index (χ3n) is 2.52. The summed E-state index contributed by atoms with van der Waals surface area (Å²) in [6, 6.07) is 7.21. The molecule has 1 amide bonds. The molecular weight excluding hydrogens is 216 g/mol. The van der Waals surface area contributed by atoms with Crippen molar-refractivity contribution in [2.75, 3.05) is 20.2 Å². The lowest BCUT2D eigenvalue weighted by Crippen LogP contribution is -2.25. The van der Waals surface area contributed by atoms with Crippen LogP contribution < -0.4 is 15.8 Å². The number of benzene rings is 1. The zero-order chi connectivity index (χ0) is 12.5. The molecule has 0 unspecified atom stereocenters. The van der Waals surface area contributed by atoms with Crippen LogP contribution in [0.3, 0.4) is 0 Å². The van der Waals surface area contributed by atoms with Gasteiger partial charge in [-0.25, -0.2) is 0 Å². The number of carbonyl (C=O) groups excluding carboxylic acids is 1. The summed E-state index contributed by atoms with van der Waals surface area (Å²) in [6.45, 7) is 1.39. The molecule has 4 heteroatoms. The molecule has 0 aliphatic heterocycles. The fourth-order valence-electron chi connectivity index (χ4n) is 1.58. The molecule has 1 aromatic rings. The van der Waals surface area contributed by atoms with Gasteiger partial charge in [0.2, 0.25) is 0 Å². The van der Waals surface area contributed by atoms with Crippen LogP contribution in [0.1, 0.15) is 29.6 Å². The van der Waals surface area contributed by atoms with E-state index in [2.05, 4.69) is 5.32 Å². The summed E-state index contributed by atoms with van der Waals surface area (Å²) in [7, 11) is 1.56. The Balaban J connectivity index is 2.41. The minimum Gasteiger partial charge on any atom is -0.496 e. The smallest absolute Gasteiger partial charge is 0.255 e. The van der Waals surface area contributed by atoms with E-state index in [1.165, 1.54) is 0 Å². The maximum absolute atomic E-state index is 11.8. The van der Waals surface area contributed by atoms with Crippen molar-refractivity contribution in [3.05, 3.63) is 29.8 Å². The number of rotatable bonds is 7. The molecule has 0 aromatic heterocycles. The Morgan fingerprint density at radius 3 is 2.76 bits per heavy atom. The first-order valence-corrected chi connectivity index (χ1v) is 5.91. The van der Waals surface area contributed by atoms with Gasteiger partial charge in [-0.1, -0.05) is 18.6 Å². The van der Waals surface area contributed by atoms with Crippen LogP contribution in [0.25, 0.3) is 0 Å². The first kappa shape index (κ1) is 13.5. The fourth-order valence-corrected chi connectivity index (χ4v) is 1.58. The molecule has 1 rings (SSSR count). The van der Waals surface area contributed by atoms with E-state index in [1.54, 1.807) is 19.2 Å². The van der Waals surface area contributed by atoms with E-state index in [1.807, 2.05) is 12.1 Å². The lowest BCUT2D eigenvalue weighted by molar-refractivity contribution is 0.0950. The maximum Gasteiger partial charge on any atom is 0.255 e. The normalized spacial score (nSPS) is 10.0. The van der Waals surface area contributed by atoms with Crippen LogP contribution in [0.5, 0.6) is 5.75 Å². The van der Waals surface area contributed by atoms with Crippen molar-refractivity contribution < 1.29 is 9.53 Å². The fraction of sp³-hybridized carbons (Fsp3) is 0.462. The predicted octanol–water partition coefficient (Wildman–Crippen LogP) is 1.55. The molecule has 0 bridgehead atoms. The van der Waals surface area contributed by atoms with Crippen molar-refractivity contribution in [1.29, 1.82) is 0 Å². The second-order valence-corrected chi connectivity index (χ2v) is 3.81. The molecule has 4 nitrogen and oxygen atoms in total. The largest absolute Gasteiger partial charge is 0.496 e. The highest BCUT2D eigenvalue weighted by Crippen LogP contribution is 2.16. The number of ether oxygens (including phenoxy) is 1. The molecule has 0 heterocycles. The first-order chi connectivity index (χ1) is 8.29. The van der Waals surface area contributed by atoms with E-state index >= 15 is 0 Å². The quantitative estimate of drug-likeness (QED) is 0.706. The van der Waals surface area contributed by atoms with Gasteiger partial charge in [0.1, 0.15) is 5.75 Å². The van der Waals surface area contributed by atoms with Gasteiger partial charge in [0.05, 0.1) is 12.7 Å². The Labute approximate surface area is 102 Å². The zero-order valence-corrected chi connectivity index (χ0v) is 10.2. The number of methoxy groups -OCH3 is 1. The van der Waals surface area contributed by atoms with Crippen molar-refractivity contribution in [3.8, 4) is 5.75 Å². The van der Waals surface area contributed by atoms with Crippen LogP contribution in [0, 0.1) is 0 Å². The van der Waals surface area contributed by atoms with Crippen molar-refractivity contribution in [3.63, 3.8) is 0 Å². The zero-order valence-electron chi connectivity index (χ0n) is 10.2. The van der Waals surface area contributed by atoms with Crippen LogP contribution >= 0.6 is 0 Å². The number of hydrogen-bond acceptors (Lipinski definition) is 3. The summed E-state index contributed by atoms with van der Waals surface area (Å²) in [6.07, 6.45) is 3.01. The van der Waals surface area contributed by atoms with Crippen LogP contribution in [-0.4, -0.2) is 26.1 Å². The van der Waals surface area contributed by atoms with Gasteiger partial charge in [0, 0.05) is 6.54 Å². The maximum atomic E-state index is 11.8. The van der Waals surface area contributed by atoms with Gasteiger partial charge in [0.15, 0.2) is 0 Å². The third-order valence-corrected chi connectivity index (χ3v) is 2.52. The molecule has 94 valence electrons. The van der Waals surface area contributed by atoms with Gasteiger partial charge in [-0.3, -0.25) is 4.79 Å². The number of carbonyl (C=O) groups is 1. The monoisotopic (exact) mass is 236 g/mol. The van der Waals surface area contributed by atoms with Gasteiger partial charge in [-0.05, 0) is 31.5 Å². The molecule has 0 aliphatic carbocycles. The summed E-state index contributed by atoms with van der Waals surface area (Å²) in [4.78, 5) is 11.8. The van der Waals surface area contributed by atoms with E-state index < -0.39 is 0 Å². The van der Waals surface area contributed by atoms with Crippen molar-refractivity contribution >= 4 is 5.91 Å². The van der Waals surface area contributed by atoms with Crippen LogP contribution in [0.15, 0.2) is 24.3 Å². The summed E-state index contributed by atoms with van der Waals surface area (Å²) < 4.78 is 5.13. The average molecular weight is 236 g/mol. The summed E-state index contributed by atoms with van der Waals surface area (Å²) in [5, 5.41) is 2.87. The summed E-state index contributed by atoms with van der Waals surface area (Å²) in [5.74, 6) is 0.516. The predicted molar refractivity (Wildman–Crippen MR) is 68.2 cm³/mol. The number of hydrogen-bond donors (Lipinski definition) is 2. The van der Waals surface area contributed by atoms with E-state index in [4.69, 9.17) is 10.5 Å². The Kier molecular flexibility index (Phi) is 6.10. The lowest BCUT2D eigenvalue weighted by atomic mass is 10.2. The van der Waals surface area contributed by atoms with Crippen LogP contribution in [-0.2, 0) is 0 Å². The van der Waals surface area contributed by atoms with Gasteiger partial charge in [-0.2, -0.15) is 0 Å². The first-order valence-electron chi connectivity index (χ1n) is 5.91. The Bertz CT molecular complexity index is 353. The number of para-hydroxylation sites is 1.